The number of benzene rings is 1. The van der Waals surface area contributed by atoms with Gasteiger partial charge in [-0.2, -0.15) is 5.84 Å². The van der Waals surface area contributed by atoms with Gasteiger partial charge in [-0.1, -0.05) is 18.2 Å². The van der Waals surface area contributed by atoms with Gasteiger partial charge in [0.2, 0.25) is 0 Å². The summed E-state index contributed by atoms with van der Waals surface area (Å²) in [5.74, 6) is 5.07. The molecule has 0 unspecified atom stereocenters. The van der Waals surface area contributed by atoms with Crippen LogP contribution in [0.1, 0.15) is 0 Å². The summed E-state index contributed by atoms with van der Waals surface area (Å²) in [6, 6.07) is 8.24. The van der Waals surface area contributed by atoms with E-state index in [1.807, 2.05) is 0 Å². The van der Waals surface area contributed by atoms with Crippen molar-refractivity contribution in [1.82, 2.24) is 0 Å². The average molecular weight is 155 g/mol. The Balaban J connectivity index is 2.85. The molecule has 0 atom stereocenters. The molecule has 1 rings (SSSR count). The first-order valence-corrected chi connectivity index (χ1v) is 2.96. The molecule has 0 heterocycles. The molecule has 0 aliphatic carbocycles. The second kappa shape index (κ2) is 2.98. The van der Waals surface area contributed by atoms with Gasteiger partial charge >= 0.3 is 0 Å². The maximum atomic E-state index is 10.1. The van der Waals surface area contributed by atoms with Crippen LogP contribution in [0.5, 0.6) is 0 Å². The number of anilines is 1. The molecule has 0 amide bonds. The Bertz CT molecular complexity index is 249. The van der Waals surface area contributed by atoms with Gasteiger partial charge in [-0.05, 0) is 17.3 Å². The van der Waals surface area contributed by atoms with E-state index in [0.29, 0.717) is 10.8 Å². The molecule has 11 heavy (non-hydrogen) atoms. The summed E-state index contributed by atoms with van der Waals surface area (Å²) in [4.78, 5) is 10.1. The molecule has 2 N–H and O–H groups in total. The summed E-state index contributed by atoms with van der Waals surface area (Å²) in [5, 5.41) is 9.89. The Kier molecular flexibility index (Phi) is 2.03. The van der Waals surface area contributed by atoms with Crippen LogP contribution in [-0.2, 0) is 0 Å². The number of nitro groups is 1. The Labute approximate surface area is 63.1 Å². The van der Waals surface area contributed by atoms with Gasteiger partial charge in [0.1, 0.15) is 5.69 Å². The zero-order chi connectivity index (χ0) is 8.27. The van der Waals surface area contributed by atoms with Crippen LogP contribution in [-0.4, -0.2) is 5.03 Å². The molecule has 0 radical (unpaired) electrons. The number of hydrazine groups is 2. The molecule has 0 aromatic heterocycles. The van der Waals surface area contributed by atoms with Crippen LogP contribution in [0, 0.1) is 10.1 Å². The minimum Gasteiger partial charge on any atom is -0.233 e. The molecular formula is C6H7N3O2. The smallest absolute Gasteiger partial charge is 0.181 e. The highest BCUT2D eigenvalue weighted by Gasteiger charge is 2.09. The summed E-state index contributed by atoms with van der Waals surface area (Å²) in [7, 11) is 0. The van der Waals surface area contributed by atoms with E-state index in [4.69, 9.17) is 5.84 Å². The van der Waals surface area contributed by atoms with Gasteiger partial charge in [-0.15, -0.1) is 0 Å². The summed E-state index contributed by atoms with van der Waals surface area (Å²) in [5.41, 5.74) is 0.359. The molecule has 1 aromatic carbocycles. The molecule has 0 aliphatic rings. The van der Waals surface area contributed by atoms with Gasteiger partial charge in [-0.25, -0.2) is 10.1 Å². The van der Waals surface area contributed by atoms with Crippen molar-refractivity contribution in [3.63, 3.8) is 0 Å². The predicted octanol–water partition coefficient (Wildman–Crippen LogP) is 0.558. The second-order valence-corrected chi connectivity index (χ2v) is 1.92. The van der Waals surface area contributed by atoms with E-state index in [2.05, 4.69) is 0 Å². The third kappa shape index (κ3) is 1.65. The number of nitrogens with zero attached hydrogens (tertiary/aromatic N) is 2. The molecule has 0 saturated heterocycles. The first-order chi connectivity index (χ1) is 5.22. The maximum absolute atomic E-state index is 10.1. The second-order valence-electron chi connectivity index (χ2n) is 1.92. The minimum atomic E-state index is -0.685. The molecule has 0 bridgehead atoms. The van der Waals surface area contributed by atoms with Crippen molar-refractivity contribution in [2.45, 2.75) is 0 Å². The van der Waals surface area contributed by atoms with Gasteiger partial charge in [0.05, 0.1) is 0 Å². The molecular weight excluding hydrogens is 148 g/mol. The molecule has 58 valence electrons. The van der Waals surface area contributed by atoms with Crippen LogP contribution in [0.25, 0.3) is 0 Å². The summed E-state index contributed by atoms with van der Waals surface area (Å²) in [6.07, 6.45) is 0. The number of nitrogens with two attached hydrogens (primary N) is 1. The first kappa shape index (κ1) is 7.49. The molecule has 0 saturated carbocycles. The van der Waals surface area contributed by atoms with Crippen LogP contribution >= 0.6 is 0 Å². The monoisotopic (exact) mass is 155 g/mol. The maximum Gasteiger partial charge on any atom is 0.181 e. The quantitative estimate of drug-likeness (QED) is 0.293. The fraction of sp³-hybridized carbons (Fsp3) is 0. The summed E-state index contributed by atoms with van der Waals surface area (Å²) >= 11 is 0. The highest BCUT2D eigenvalue weighted by atomic mass is 18.1. The van der Waals surface area contributed by atoms with Crippen LogP contribution in [0.2, 0.25) is 0 Å². The molecule has 1 aromatic rings. The van der Waals surface area contributed by atoms with E-state index in [0.717, 1.165) is 0 Å². The summed E-state index contributed by atoms with van der Waals surface area (Å²) < 4.78 is 0. The van der Waals surface area contributed by atoms with Crippen LogP contribution in [0.3, 0.4) is 0 Å². The van der Waals surface area contributed by atoms with Crippen LogP contribution in [0.15, 0.2) is 30.3 Å². The Morgan fingerprint density at radius 2 is 1.91 bits per heavy atom. The molecule has 0 aliphatic heterocycles. The zero-order valence-electron chi connectivity index (χ0n) is 5.68. The van der Waals surface area contributed by atoms with E-state index in [1.165, 1.54) is 0 Å². The van der Waals surface area contributed by atoms with E-state index >= 15 is 0 Å². The van der Waals surface area contributed by atoms with Crippen molar-refractivity contribution < 1.29 is 5.03 Å². The van der Waals surface area contributed by atoms with Crippen molar-refractivity contribution in [3.8, 4) is 0 Å². The lowest BCUT2D eigenvalue weighted by molar-refractivity contribution is -0.496. The average Bonchev–Trinajstić information content (AvgIpc) is 2.05. The normalized spacial score (nSPS) is 9.18. The van der Waals surface area contributed by atoms with Crippen molar-refractivity contribution in [1.29, 1.82) is 0 Å². The lowest BCUT2D eigenvalue weighted by Gasteiger charge is -2.05. The fourth-order valence-electron chi connectivity index (χ4n) is 0.675. The minimum absolute atomic E-state index is 0.359. The van der Waals surface area contributed by atoms with Gasteiger partial charge in [-0.3, -0.25) is 0 Å². The lowest BCUT2D eigenvalue weighted by Crippen LogP contribution is -2.36. The molecule has 0 spiro atoms. The van der Waals surface area contributed by atoms with Crippen LogP contribution < -0.4 is 11.0 Å². The zero-order valence-corrected chi connectivity index (χ0v) is 5.68. The van der Waals surface area contributed by atoms with Gasteiger partial charge in [0.15, 0.2) is 5.03 Å². The molecule has 5 heteroatoms. The number of para-hydroxylation sites is 1. The SMILES string of the molecule is NN(c1ccccc1)[N+]([O-])=[18O]. The predicted molar refractivity (Wildman–Crippen MR) is 40.1 cm³/mol. The fourth-order valence-corrected chi connectivity index (χ4v) is 0.675. The van der Waals surface area contributed by atoms with Gasteiger partial charge in [0, 0.05) is 0 Å². The standard InChI is InChI=1S/C6H7N3O2/c7-8(9(10)11)6-4-2-1-3-5-6/h1-5H,7H2/i10+2. The third-order valence-corrected chi connectivity index (χ3v) is 1.20. The Hall–Kier alpha value is -1.62. The number of hydrogen-bond donors (Lipinski definition) is 1. The van der Waals surface area contributed by atoms with Crippen molar-refractivity contribution >= 4 is 5.69 Å². The first-order valence-electron chi connectivity index (χ1n) is 2.96. The topological polar surface area (TPSA) is 72.4 Å². The highest BCUT2D eigenvalue weighted by molar-refractivity contribution is 5.41. The van der Waals surface area contributed by atoms with E-state index in [9.17, 15) is 10.1 Å². The molecule has 5 nitrogen and oxygen atoms in total. The van der Waals surface area contributed by atoms with E-state index in [-0.39, 0.29) is 0 Å². The number of rotatable bonds is 2. The Morgan fingerprint density at radius 3 is 2.36 bits per heavy atom. The third-order valence-electron chi connectivity index (χ3n) is 1.20. The van der Waals surface area contributed by atoms with Gasteiger partial charge < -0.3 is 0 Å². The van der Waals surface area contributed by atoms with Crippen molar-refractivity contribution in [2.75, 3.05) is 5.12 Å². The molecule has 0 fully saturated rings. The van der Waals surface area contributed by atoms with E-state index < -0.39 is 5.03 Å². The van der Waals surface area contributed by atoms with Crippen molar-refractivity contribution in [2.24, 2.45) is 5.84 Å². The lowest BCUT2D eigenvalue weighted by atomic mass is 10.3. The number of hydrogen-bond acceptors (Lipinski definition) is 3. The summed E-state index contributed by atoms with van der Waals surface area (Å²) in [6.45, 7) is 0. The highest BCUT2D eigenvalue weighted by Crippen LogP contribution is 2.07. The van der Waals surface area contributed by atoms with Crippen LogP contribution in [0.4, 0.5) is 5.69 Å². The van der Waals surface area contributed by atoms with Crippen molar-refractivity contribution in [3.05, 3.63) is 40.4 Å². The van der Waals surface area contributed by atoms with Gasteiger partial charge in [0.25, 0.3) is 0 Å². The van der Waals surface area contributed by atoms with E-state index in [1.54, 1.807) is 30.3 Å². The largest absolute Gasteiger partial charge is 0.233 e. The Morgan fingerprint density at radius 1 is 1.36 bits per heavy atom.